The Labute approximate surface area is 109 Å². The van der Waals surface area contributed by atoms with Crippen molar-refractivity contribution >= 4 is 33.4 Å². The van der Waals surface area contributed by atoms with Crippen molar-refractivity contribution in [2.24, 2.45) is 0 Å². The van der Waals surface area contributed by atoms with E-state index >= 15 is 0 Å². The number of hydrogen-bond donors (Lipinski definition) is 2. The Morgan fingerprint density at radius 1 is 1.29 bits per heavy atom. The molecule has 0 aliphatic rings. The first kappa shape index (κ1) is 13.7. The van der Waals surface area contributed by atoms with E-state index in [1.807, 2.05) is 19.1 Å². The molecule has 0 atom stereocenters. The van der Waals surface area contributed by atoms with Crippen molar-refractivity contribution in [1.29, 1.82) is 0 Å². The first-order valence-electron chi connectivity index (χ1n) is 5.44. The highest BCUT2D eigenvalue weighted by Crippen LogP contribution is 2.15. The van der Waals surface area contributed by atoms with E-state index in [2.05, 4.69) is 26.6 Å². The summed E-state index contributed by atoms with van der Waals surface area (Å²) in [6.45, 7) is 1.92. The van der Waals surface area contributed by atoms with Gasteiger partial charge in [0, 0.05) is 16.6 Å². The average molecular weight is 299 g/mol. The summed E-state index contributed by atoms with van der Waals surface area (Å²) < 4.78 is 0.894. The van der Waals surface area contributed by atoms with Crippen LogP contribution < -0.4 is 10.6 Å². The lowest BCUT2D eigenvalue weighted by molar-refractivity contribution is -0.124. The zero-order valence-corrected chi connectivity index (χ0v) is 11.2. The highest BCUT2D eigenvalue weighted by atomic mass is 79.9. The number of amides is 2. The van der Waals surface area contributed by atoms with Crippen LogP contribution in [-0.4, -0.2) is 18.4 Å². The van der Waals surface area contributed by atoms with Crippen LogP contribution in [0.2, 0.25) is 0 Å². The van der Waals surface area contributed by atoms with Crippen LogP contribution in [0.3, 0.4) is 0 Å². The van der Waals surface area contributed by atoms with Crippen LogP contribution in [0.5, 0.6) is 0 Å². The number of carbonyl (C=O) groups excluding carboxylic acids is 2. The molecule has 5 heteroatoms. The van der Waals surface area contributed by atoms with Crippen LogP contribution in [0.25, 0.3) is 0 Å². The maximum atomic E-state index is 11.5. The molecule has 0 saturated heterocycles. The van der Waals surface area contributed by atoms with Gasteiger partial charge in [0.05, 0.1) is 6.54 Å². The largest absolute Gasteiger partial charge is 0.347 e. The fourth-order valence-corrected chi connectivity index (χ4v) is 1.66. The Balaban J connectivity index is 2.37. The molecule has 1 rings (SSSR count). The maximum absolute atomic E-state index is 11.5. The summed E-state index contributed by atoms with van der Waals surface area (Å²) >= 11 is 3.31. The minimum Gasteiger partial charge on any atom is -0.347 e. The quantitative estimate of drug-likeness (QED) is 0.876. The molecule has 0 aliphatic carbocycles. The molecule has 0 heterocycles. The van der Waals surface area contributed by atoms with Crippen LogP contribution in [0.15, 0.2) is 28.7 Å². The first-order valence-corrected chi connectivity index (χ1v) is 6.23. The van der Waals surface area contributed by atoms with E-state index in [0.717, 1.165) is 10.9 Å². The number of anilines is 1. The topological polar surface area (TPSA) is 58.2 Å². The van der Waals surface area contributed by atoms with Crippen LogP contribution >= 0.6 is 15.9 Å². The molecule has 0 bridgehead atoms. The fourth-order valence-electron chi connectivity index (χ4n) is 1.27. The van der Waals surface area contributed by atoms with Gasteiger partial charge in [-0.3, -0.25) is 9.59 Å². The second kappa shape index (κ2) is 7.06. The number of rotatable bonds is 5. The van der Waals surface area contributed by atoms with Crippen LogP contribution in [-0.2, 0) is 9.59 Å². The summed E-state index contributed by atoms with van der Waals surface area (Å²) in [5.74, 6) is -0.329. The molecule has 4 nitrogen and oxygen atoms in total. The second-order valence-corrected chi connectivity index (χ2v) is 4.50. The lowest BCUT2D eigenvalue weighted by Crippen LogP contribution is -2.32. The van der Waals surface area contributed by atoms with E-state index in [0.29, 0.717) is 12.1 Å². The van der Waals surface area contributed by atoms with Gasteiger partial charge < -0.3 is 10.6 Å². The molecule has 2 amide bonds. The minimum atomic E-state index is -0.229. The summed E-state index contributed by atoms with van der Waals surface area (Å²) in [5, 5.41) is 5.25. The van der Waals surface area contributed by atoms with Gasteiger partial charge in [-0.15, -0.1) is 0 Å². The maximum Gasteiger partial charge on any atom is 0.243 e. The van der Waals surface area contributed by atoms with Gasteiger partial charge in [0.15, 0.2) is 0 Å². The third kappa shape index (κ3) is 5.49. The average Bonchev–Trinajstić information content (AvgIpc) is 2.27. The van der Waals surface area contributed by atoms with Crippen LogP contribution in [0.4, 0.5) is 5.69 Å². The summed E-state index contributed by atoms with van der Waals surface area (Å²) in [4.78, 5) is 22.6. The van der Waals surface area contributed by atoms with Gasteiger partial charge in [0.25, 0.3) is 0 Å². The number of benzene rings is 1. The molecule has 0 aromatic heterocycles. The highest BCUT2D eigenvalue weighted by Gasteiger charge is 2.05. The molecular weight excluding hydrogens is 284 g/mol. The molecule has 92 valence electrons. The van der Waals surface area contributed by atoms with E-state index in [-0.39, 0.29) is 18.4 Å². The van der Waals surface area contributed by atoms with Gasteiger partial charge in [-0.05, 0) is 24.6 Å². The highest BCUT2D eigenvalue weighted by molar-refractivity contribution is 9.10. The number of hydrogen-bond acceptors (Lipinski definition) is 2. The monoisotopic (exact) mass is 298 g/mol. The Kier molecular flexibility index (Phi) is 5.69. The molecule has 2 N–H and O–H groups in total. The van der Waals surface area contributed by atoms with E-state index in [1.165, 1.54) is 0 Å². The molecule has 17 heavy (non-hydrogen) atoms. The number of halogens is 1. The third-order valence-electron chi connectivity index (χ3n) is 2.03. The Morgan fingerprint density at radius 2 is 2.06 bits per heavy atom. The molecular formula is C12H15BrN2O2. The van der Waals surface area contributed by atoms with Crippen molar-refractivity contribution in [3.05, 3.63) is 28.7 Å². The molecule has 0 unspecified atom stereocenters. The van der Waals surface area contributed by atoms with Gasteiger partial charge in [0.2, 0.25) is 11.8 Å². The lowest BCUT2D eigenvalue weighted by Gasteiger charge is -2.06. The Bertz CT molecular complexity index is 407. The van der Waals surface area contributed by atoms with Crippen molar-refractivity contribution in [3.63, 3.8) is 0 Å². The lowest BCUT2D eigenvalue weighted by atomic mass is 10.3. The zero-order chi connectivity index (χ0) is 12.7. The van der Waals surface area contributed by atoms with Gasteiger partial charge in [0.1, 0.15) is 0 Å². The smallest absolute Gasteiger partial charge is 0.243 e. The van der Waals surface area contributed by atoms with Gasteiger partial charge in [-0.2, -0.15) is 0 Å². The molecule has 0 fully saturated rings. The number of carbonyl (C=O) groups is 2. The second-order valence-electron chi connectivity index (χ2n) is 3.59. The summed E-state index contributed by atoms with van der Waals surface area (Å²) in [6, 6.07) is 7.29. The number of nitrogens with one attached hydrogen (secondary N) is 2. The van der Waals surface area contributed by atoms with Crippen molar-refractivity contribution in [2.75, 3.05) is 11.9 Å². The molecule has 1 aromatic carbocycles. The van der Waals surface area contributed by atoms with E-state index in [4.69, 9.17) is 0 Å². The van der Waals surface area contributed by atoms with E-state index < -0.39 is 0 Å². The first-order chi connectivity index (χ1) is 8.11. The van der Waals surface area contributed by atoms with E-state index in [1.54, 1.807) is 12.1 Å². The van der Waals surface area contributed by atoms with Crippen molar-refractivity contribution in [2.45, 2.75) is 19.8 Å². The molecule has 1 aromatic rings. The van der Waals surface area contributed by atoms with Crippen molar-refractivity contribution in [3.8, 4) is 0 Å². The molecule has 0 spiro atoms. The third-order valence-corrected chi connectivity index (χ3v) is 2.52. The standard InChI is InChI=1S/C12H15BrN2O2/c1-2-4-11(16)14-8-12(17)15-10-6-3-5-9(13)7-10/h3,5-7H,2,4,8H2,1H3,(H,14,16)(H,15,17). The SMILES string of the molecule is CCCC(=O)NCC(=O)Nc1cccc(Br)c1. The molecule has 0 radical (unpaired) electrons. The molecule has 0 aliphatic heterocycles. The van der Waals surface area contributed by atoms with Gasteiger partial charge >= 0.3 is 0 Å². The van der Waals surface area contributed by atoms with Gasteiger partial charge in [-0.1, -0.05) is 28.9 Å². The van der Waals surface area contributed by atoms with Crippen molar-refractivity contribution < 1.29 is 9.59 Å². The predicted molar refractivity (Wildman–Crippen MR) is 70.7 cm³/mol. The molecule has 0 saturated carbocycles. The normalized spacial score (nSPS) is 9.76. The fraction of sp³-hybridized carbons (Fsp3) is 0.333. The van der Waals surface area contributed by atoms with E-state index in [9.17, 15) is 9.59 Å². The summed E-state index contributed by atoms with van der Waals surface area (Å²) in [7, 11) is 0. The predicted octanol–water partition coefficient (Wildman–Crippen LogP) is 2.30. The summed E-state index contributed by atoms with van der Waals surface area (Å²) in [6.07, 6.45) is 1.23. The van der Waals surface area contributed by atoms with Crippen molar-refractivity contribution in [1.82, 2.24) is 5.32 Å². The Hall–Kier alpha value is -1.36. The summed E-state index contributed by atoms with van der Waals surface area (Å²) in [5.41, 5.74) is 0.703. The van der Waals surface area contributed by atoms with Gasteiger partial charge in [-0.25, -0.2) is 0 Å². The van der Waals surface area contributed by atoms with Crippen LogP contribution in [0.1, 0.15) is 19.8 Å². The minimum absolute atomic E-state index is 0.00530. The Morgan fingerprint density at radius 3 is 2.71 bits per heavy atom. The zero-order valence-electron chi connectivity index (χ0n) is 9.63. The van der Waals surface area contributed by atoms with Crippen LogP contribution in [0, 0.1) is 0 Å².